The molecule has 4 rings (SSSR count). The minimum absolute atomic E-state index is 0.163. The van der Waals surface area contributed by atoms with Crippen LogP contribution < -0.4 is 10.6 Å². The quantitative estimate of drug-likeness (QED) is 0.174. The molecule has 0 radical (unpaired) electrons. The number of rotatable bonds is 13. The topological polar surface area (TPSA) is 80.1 Å². The Hall–Kier alpha value is -3.20. The zero-order valence-corrected chi connectivity index (χ0v) is 30.8. The standard InChI is InChI=1S/C30H37F3N6S.C7H17N/c1-6-18(2)22(16-34)13-25-19(3)7-8-21(20(25)4)17-39-11-9-23(10-12-39)36-27-26-14-24(15-30(31,32)33)40-28(26)38-29(35-5)37-27;1-4-7-8(5-2)6-3/h7-8,13-14,18,23H,6,9-12,15,17H2,1-5H3,(H2,35,36,37,38);4-7H2,1-3H3/b22-13-;. The molecule has 2 N–H and O–H groups in total. The van der Waals surface area contributed by atoms with Gasteiger partial charge < -0.3 is 15.5 Å². The molecule has 3 aromatic rings. The molecule has 1 aliphatic heterocycles. The predicted octanol–water partition coefficient (Wildman–Crippen LogP) is 9.22. The maximum Gasteiger partial charge on any atom is 0.393 e. The maximum atomic E-state index is 13.0. The minimum atomic E-state index is -4.26. The van der Waals surface area contributed by atoms with E-state index in [1.165, 1.54) is 42.7 Å². The van der Waals surface area contributed by atoms with Crippen LogP contribution in [0, 0.1) is 31.1 Å². The highest BCUT2D eigenvalue weighted by molar-refractivity contribution is 7.18. The van der Waals surface area contributed by atoms with E-state index < -0.39 is 12.6 Å². The van der Waals surface area contributed by atoms with E-state index in [1.807, 2.05) is 0 Å². The number of likely N-dealkylation sites (tertiary alicyclic amines) is 1. The van der Waals surface area contributed by atoms with E-state index in [1.54, 1.807) is 13.1 Å². The molecule has 1 aromatic carbocycles. The summed E-state index contributed by atoms with van der Waals surface area (Å²) in [5, 5.41) is 16.7. The van der Waals surface area contributed by atoms with E-state index in [9.17, 15) is 18.4 Å². The van der Waals surface area contributed by atoms with Gasteiger partial charge in [0.2, 0.25) is 5.95 Å². The monoisotopic (exact) mass is 685 g/mol. The molecule has 264 valence electrons. The van der Waals surface area contributed by atoms with Gasteiger partial charge >= 0.3 is 6.18 Å². The van der Waals surface area contributed by atoms with Crippen molar-refractivity contribution in [2.45, 2.75) is 99.3 Å². The van der Waals surface area contributed by atoms with Gasteiger partial charge in [-0.3, -0.25) is 4.90 Å². The summed E-state index contributed by atoms with van der Waals surface area (Å²) in [6, 6.07) is 8.45. The molecule has 7 nitrogen and oxygen atoms in total. The largest absolute Gasteiger partial charge is 0.393 e. The normalized spacial score (nSPS) is 15.3. The maximum absolute atomic E-state index is 13.0. The molecule has 2 aromatic heterocycles. The van der Waals surface area contributed by atoms with E-state index in [0.717, 1.165) is 61.4 Å². The van der Waals surface area contributed by atoms with Crippen LogP contribution in [-0.4, -0.2) is 71.8 Å². The first-order chi connectivity index (χ1) is 22.9. The van der Waals surface area contributed by atoms with Crippen LogP contribution in [0.15, 0.2) is 23.8 Å². The Morgan fingerprint density at radius 2 is 1.83 bits per heavy atom. The highest BCUT2D eigenvalue weighted by Crippen LogP contribution is 2.34. The van der Waals surface area contributed by atoms with Gasteiger partial charge in [-0.1, -0.05) is 46.8 Å². The summed E-state index contributed by atoms with van der Waals surface area (Å²) in [5.74, 6) is 1.20. The third kappa shape index (κ3) is 11.2. The molecule has 0 saturated carbocycles. The Labute approximate surface area is 289 Å². The van der Waals surface area contributed by atoms with Crippen LogP contribution in [0.3, 0.4) is 0 Å². The van der Waals surface area contributed by atoms with Gasteiger partial charge in [-0.15, -0.1) is 11.3 Å². The number of piperidine rings is 1. The van der Waals surface area contributed by atoms with Crippen LogP contribution in [0.5, 0.6) is 0 Å². The van der Waals surface area contributed by atoms with Crippen LogP contribution in [0.25, 0.3) is 16.3 Å². The summed E-state index contributed by atoms with van der Waals surface area (Å²) in [4.78, 5) is 14.6. The molecule has 1 saturated heterocycles. The molecule has 0 spiro atoms. The molecule has 1 fully saturated rings. The second-order valence-electron chi connectivity index (χ2n) is 12.7. The zero-order chi connectivity index (χ0) is 35.4. The predicted molar refractivity (Wildman–Crippen MR) is 196 cm³/mol. The van der Waals surface area contributed by atoms with E-state index >= 15 is 0 Å². The van der Waals surface area contributed by atoms with Gasteiger partial charge in [-0.2, -0.15) is 23.4 Å². The number of aryl methyl sites for hydroxylation is 1. The van der Waals surface area contributed by atoms with Crippen molar-refractivity contribution in [1.82, 2.24) is 19.8 Å². The summed E-state index contributed by atoms with van der Waals surface area (Å²) < 4.78 is 39.0. The van der Waals surface area contributed by atoms with Gasteiger partial charge in [0.15, 0.2) is 0 Å². The van der Waals surface area contributed by atoms with E-state index in [2.05, 4.69) is 103 Å². The van der Waals surface area contributed by atoms with Gasteiger partial charge in [-0.25, -0.2) is 4.98 Å². The van der Waals surface area contributed by atoms with Gasteiger partial charge in [0, 0.05) is 43.2 Å². The van der Waals surface area contributed by atoms with Gasteiger partial charge in [0.05, 0.1) is 17.9 Å². The van der Waals surface area contributed by atoms with Crippen LogP contribution in [0.2, 0.25) is 0 Å². The molecule has 11 heteroatoms. The zero-order valence-electron chi connectivity index (χ0n) is 30.0. The van der Waals surface area contributed by atoms with Crippen molar-refractivity contribution in [3.05, 3.63) is 50.9 Å². The smallest absolute Gasteiger partial charge is 0.367 e. The number of nitrogens with one attached hydrogen (secondary N) is 2. The van der Waals surface area contributed by atoms with Crippen molar-refractivity contribution in [3.63, 3.8) is 0 Å². The van der Waals surface area contributed by atoms with Gasteiger partial charge in [0.1, 0.15) is 10.6 Å². The summed E-state index contributed by atoms with van der Waals surface area (Å²) >= 11 is 1.06. The Morgan fingerprint density at radius 1 is 1.15 bits per heavy atom. The Morgan fingerprint density at radius 3 is 2.38 bits per heavy atom. The fourth-order valence-corrected chi connectivity index (χ4v) is 7.02. The number of allylic oxidation sites excluding steroid dienone is 1. The first kappa shape index (κ1) is 39.2. The summed E-state index contributed by atoms with van der Waals surface area (Å²) in [6.07, 6.45) is 0.824. The number of nitriles is 1. The number of fused-ring (bicyclic) bond motifs is 1. The highest BCUT2D eigenvalue weighted by atomic mass is 32.1. The van der Waals surface area contributed by atoms with Crippen molar-refractivity contribution in [2.75, 3.05) is 50.4 Å². The average molecular weight is 686 g/mol. The van der Waals surface area contributed by atoms with E-state index in [-0.39, 0.29) is 16.8 Å². The Bertz CT molecular complexity index is 1530. The van der Waals surface area contributed by atoms with Crippen LogP contribution in [0.4, 0.5) is 24.9 Å². The number of benzene rings is 1. The number of halogens is 3. The fraction of sp³-hybridized carbons (Fsp3) is 0.595. The number of nitrogens with zero attached hydrogens (tertiary/aromatic N) is 5. The minimum Gasteiger partial charge on any atom is -0.367 e. The van der Waals surface area contributed by atoms with Crippen molar-refractivity contribution in [2.24, 2.45) is 5.92 Å². The second-order valence-corrected chi connectivity index (χ2v) is 13.8. The van der Waals surface area contributed by atoms with Gasteiger partial charge in [0.25, 0.3) is 0 Å². The van der Waals surface area contributed by atoms with Crippen molar-refractivity contribution < 1.29 is 13.2 Å². The van der Waals surface area contributed by atoms with Gasteiger partial charge in [-0.05, 0) is 99.5 Å². The molecule has 1 unspecified atom stereocenters. The van der Waals surface area contributed by atoms with Crippen molar-refractivity contribution in [1.29, 1.82) is 5.26 Å². The van der Waals surface area contributed by atoms with E-state index in [0.29, 0.717) is 22.0 Å². The summed E-state index contributed by atoms with van der Waals surface area (Å²) in [7, 11) is 1.70. The Balaban J connectivity index is 0.000000694. The second kappa shape index (κ2) is 18.5. The molecular formula is C37H54F3N7S. The molecular weight excluding hydrogens is 632 g/mol. The molecule has 0 aliphatic carbocycles. The fourth-order valence-electron chi connectivity index (χ4n) is 5.97. The average Bonchev–Trinajstić information content (AvgIpc) is 3.46. The molecule has 3 heterocycles. The number of hydrogen-bond acceptors (Lipinski definition) is 8. The lowest BCUT2D eigenvalue weighted by molar-refractivity contribution is -0.126. The number of alkyl halides is 3. The lowest BCUT2D eigenvalue weighted by Crippen LogP contribution is -2.39. The number of anilines is 2. The third-order valence-electron chi connectivity index (χ3n) is 9.22. The van der Waals surface area contributed by atoms with Crippen LogP contribution in [-0.2, 0) is 13.0 Å². The number of aromatic nitrogens is 2. The first-order valence-electron chi connectivity index (χ1n) is 17.3. The molecule has 1 aliphatic rings. The van der Waals surface area contributed by atoms with Crippen LogP contribution in [0.1, 0.15) is 87.4 Å². The lowest BCUT2D eigenvalue weighted by Gasteiger charge is -2.33. The first-order valence-corrected chi connectivity index (χ1v) is 18.1. The number of hydrogen-bond donors (Lipinski definition) is 2. The molecule has 48 heavy (non-hydrogen) atoms. The Kier molecular flexibility index (Phi) is 15.1. The van der Waals surface area contributed by atoms with Crippen molar-refractivity contribution in [3.8, 4) is 6.07 Å². The molecule has 1 atom stereocenters. The molecule has 0 bridgehead atoms. The summed E-state index contributed by atoms with van der Waals surface area (Å²) in [6.45, 7) is 21.3. The highest BCUT2D eigenvalue weighted by Gasteiger charge is 2.29. The third-order valence-corrected chi connectivity index (χ3v) is 10.2. The van der Waals surface area contributed by atoms with Crippen LogP contribution >= 0.6 is 11.3 Å². The lowest BCUT2D eigenvalue weighted by atomic mass is 9.91. The number of thiophene rings is 1. The van der Waals surface area contributed by atoms with E-state index in [4.69, 9.17) is 0 Å². The van der Waals surface area contributed by atoms with Crippen molar-refractivity contribution >= 4 is 39.4 Å². The summed E-state index contributed by atoms with van der Waals surface area (Å²) in [5.41, 5.74) is 5.60. The molecule has 0 amide bonds. The SMILES string of the molecule is CCC(C)/C(C#N)=C\c1c(C)ccc(CN2CCC(Nc3nc(NC)nc4sc(CC(F)(F)F)cc34)CC2)c1C.CCCN(CC)CC.